The Morgan fingerprint density at radius 3 is 2.67 bits per heavy atom. The predicted octanol–water partition coefficient (Wildman–Crippen LogP) is 2.79. The first-order chi connectivity index (χ1) is 8.45. The molecule has 0 aromatic heterocycles. The van der Waals surface area contributed by atoms with Gasteiger partial charge in [-0.25, -0.2) is 4.39 Å². The molecule has 2 nitrogen and oxygen atoms in total. The van der Waals surface area contributed by atoms with Crippen LogP contribution in [-0.4, -0.2) is 11.4 Å². The topological polar surface area (TPSA) is 29.1 Å². The van der Waals surface area contributed by atoms with E-state index in [9.17, 15) is 9.18 Å². The van der Waals surface area contributed by atoms with Gasteiger partial charge in [-0.05, 0) is 50.8 Å². The van der Waals surface area contributed by atoms with Crippen molar-refractivity contribution in [1.29, 1.82) is 0 Å². The van der Waals surface area contributed by atoms with Gasteiger partial charge in [-0.2, -0.15) is 0 Å². The molecular weight excluding hydrogens is 229 g/mol. The summed E-state index contributed by atoms with van der Waals surface area (Å²) in [6.07, 6.45) is 8.40. The van der Waals surface area contributed by atoms with Crippen LogP contribution in [0.1, 0.15) is 47.7 Å². The molecule has 0 heterocycles. The third kappa shape index (κ3) is 2.24. The zero-order chi connectivity index (χ0) is 13.3. The molecule has 2 rings (SSSR count). The van der Waals surface area contributed by atoms with Crippen LogP contribution in [0.4, 0.5) is 4.39 Å². The van der Waals surface area contributed by atoms with Gasteiger partial charge in [-0.3, -0.25) is 4.79 Å². The highest BCUT2D eigenvalue weighted by atomic mass is 19.1. The number of hydrogen-bond acceptors (Lipinski definition) is 1. The van der Waals surface area contributed by atoms with E-state index < -0.39 is 0 Å². The molecule has 18 heavy (non-hydrogen) atoms. The molecular formula is C15H16FNO. The van der Waals surface area contributed by atoms with E-state index in [-0.39, 0.29) is 17.3 Å². The maximum atomic E-state index is 13.4. The SMILES string of the molecule is C#Cc1cc(F)c(C)cc1C(=O)NC1(C)CCC1. The van der Waals surface area contributed by atoms with Crippen LogP contribution in [0.5, 0.6) is 0 Å². The summed E-state index contributed by atoms with van der Waals surface area (Å²) in [4.78, 5) is 12.2. The van der Waals surface area contributed by atoms with Gasteiger partial charge in [0.2, 0.25) is 0 Å². The Bertz CT molecular complexity index is 538. The van der Waals surface area contributed by atoms with Crippen molar-refractivity contribution in [2.45, 2.75) is 38.6 Å². The fraction of sp³-hybridized carbons (Fsp3) is 0.400. The monoisotopic (exact) mass is 245 g/mol. The molecule has 0 radical (unpaired) electrons. The Balaban J connectivity index is 2.30. The van der Waals surface area contributed by atoms with E-state index in [4.69, 9.17) is 6.42 Å². The maximum absolute atomic E-state index is 13.4. The number of hydrogen-bond donors (Lipinski definition) is 1. The molecule has 1 fully saturated rings. The van der Waals surface area contributed by atoms with Crippen molar-refractivity contribution in [2.75, 3.05) is 0 Å². The van der Waals surface area contributed by atoms with Gasteiger partial charge in [0, 0.05) is 11.1 Å². The zero-order valence-corrected chi connectivity index (χ0v) is 10.6. The van der Waals surface area contributed by atoms with Crippen molar-refractivity contribution in [1.82, 2.24) is 5.32 Å². The molecule has 1 aliphatic carbocycles. The molecule has 0 unspecified atom stereocenters. The minimum atomic E-state index is -0.380. The van der Waals surface area contributed by atoms with E-state index >= 15 is 0 Å². The summed E-state index contributed by atoms with van der Waals surface area (Å²) in [5.41, 5.74) is 0.978. The van der Waals surface area contributed by atoms with Crippen LogP contribution < -0.4 is 5.32 Å². The number of halogens is 1. The summed E-state index contributed by atoms with van der Waals surface area (Å²) in [5, 5.41) is 2.97. The van der Waals surface area contributed by atoms with Crippen molar-refractivity contribution >= 4 is 5.91 Å². The van der Waals surface area contributed by atoms with Gasteiger partial charge in [0.1, 0.15) is 5.82 Å². The molecule has 0 aliphatic heterocycles. The molecule has 0 bridgehead atoms. The first-order valence-electron chi connectivity index (χ1n) is 6.04. The lowest BCUT2D eigenvalue weighted by Gasteiger charge is -2.39. The number of terminal acetylenes is 1. The molecule has 0 saturated heterocycles. The standard InChI is InChI=1S/C15H16FNO/c1-4-11-9-13(16)10(2)8-12(11)14(18)17-15(3)6-5-7-15/h1,8-9H,5-7H2,2-3H3,(H,17,18). The Labute approximate surface area is 107 Å². The molecule has 94 valence electrons. The lowest BCUT2D eigenvalue weighted by atomic mass is 9.78. The van der Waals surface area contributed by atoms with Crippen LogP contribution >= 0.6 is 0 Å². The van der Waals surface area contributed by atoms with Crippen LogP contribution in [0.25, 0.3) is 0 Å². The summed E-state index contributed by atoms with van der Waals surface area (Å²) in [6.45, 7) is 3.64. The van der Waals surface area contributed by atoms with Gasteiger partial charge < -0.3 is 5.32 Å². The fourth-order valence-electron chi connectivity index (χ4n) is 2.16. The smallest absolute Gasteiger partial charge is 0.252 e. The number of nitrogens with one attached hydrogen (secondary N) is 1. The predicted molar refractivity (Wildman–Crippen MR) is 68.8 cm³/mol. The van der Waals surface area contributed by atoms with Crippen molar-refractivity contribution in [3.05, 3.63) is 34.6 Å². The van der Waals surface area contributed by atoms with Crippen LogP contribution in [0, 0.1) is 25.1 Å². The fourth-order valence-corrected chi connectivity index (χ4v) is 2.16. The number of benzene rings is 1. The van der Waals surface area contributed by atoms with E-state index in [2.05, 4.69) is 11.2 Å². The van der Waals surface area contributed by atoms with Gasteiger partial charge in [0.05, 0.1) is 5.56 Å². The Kier molecular flexibility index (Phi) is 3.13. The number of amides is 1. The molecule has 1 aromatic rings. The van der Waals surface area contributed by atoms with Gasteiger partial charge in [-0.15, -0.1) is 6.42 Å². The third-order valence-electron chi connectivity index (χ3n) is 3.57. The Morgan fingerprint density at radius 2 is 2.17 bits per heavy atom. The number of rotatable bonds is 2. The van der Waals surface area contributed by atoms with Crippen molar-refractivity contribution < 1.29 is 9.18 Å². The summed E-state index contributed by atoms with van der Waals surface area (Å²) in [5.74, 6) is 1.77. The van der Waals surface area contributed by atoms with Gasteiger partial charge in [-0.1, -0.05) is 5.92 Å². The van der Waals surface area contributed by atoms with Crippen molar-refractivity contribution in [3.8, 4) is 12.3 Å². The minimum Gasteiger partial charge on any atom is -0.347 e. The largest absolute Gasteiger partial charge is 0.347 e. The third-order valence-corrected chi connectivity index (χ3v) is 3.57. The van der Waals surface area contributed by atoms with Gasteiger partial charge >= 0.3 is 0 Å². The van der Waals surface area contributed by atoms with E-state index in [1.165, 1.54) is 12.1 Å². The zero-order valence-electron chi connectivity index (χ0n) is 10.6. The Morgan fingerprint density at radius 1 is 1.50 bits per heavy atom. The second-order valence-electron chi connectivity index (χ2n) is 5.16. The summed E-state index contributed by atoms with van der Waals surface area (Å²) < 4.78 is 13.4. The number of aryl methyl sites for hydroxylation is 1. The average Bonchev–Trinajstić information content (AvgIpc) is 2.29. The molecule has 1 N–H and O–H groups in total. The van der Waals surface area contributed by atoms with E-state index in [0.29, 0.717) is 16.7 Å². The quantitative estimate of drug-likeness (QED) is 0.797. The van der Waals surface area contributed by atoms with Crippen LogP contribution in [0.2, 0.25) is 0 Å². The van der Waals surface area contributed by atoms with Gasteiger partial charge in [0.15, 0.2) is 0 Å². The first kappa shape index (κ1) is 12.6. The molecule has 1 aliphatic rings. The molecule has 0 spiro atoms. The summed E-state index contributed by atoms with van der Waals surface area (Å²) >= 11 is 0. The van der Waals surface area contributed by atoms with Crippen LogP contribution in [0.3, 0.4) is 0 Å². The maximum Gasteiger partial charge on any atom is 0.252 e. The normalized spacial score (nSPS) is 16.6. The van der Waals surface area contributed by atoms with E-state index in [1.54, 1.807) is 6.92 Å². The molecule has 0 atom stereocenters. The van der Waals surface area contributed by atoms with Gasteiger partial charge in [0.25, 0.3) is 5.91 Å². The van der Waals surface area contributed by atoms with Crippen LogP contribution in [-0.2, 0) is 0 Å². The lowest BCUT2D eigenvalue weighted by Crippen LogP contribution is -2.51. The second-order valence-corrected chi connectivity index (χ2v) is 5.16. The van der Waals surface area contributed by atoms with Crippen LogP contribution in [0.15, 0.2) is 12.1 Å². The van der Waals surface area contributed by atoms with E-state index in [0.717, 1.165) is 19.3 Å². The summed E-state index contributed by atoms with van der Waals surface area (Å²) in [6, 6.07) is 2.76. The Hall–Kier alpha value is -1.82. The number of carbonyl (C=O) groups is 1. The van der Waals surface area contributed by atoms with Crippen molar-refractivity contribution in [3.63, 3.8) is 0 Å². The molecule has 1 aromatic carbocycles. The highest BCUT2D eigenvalue weighted by Gasteiger charge is 2.33. The summed E-state index contributed by atoms with van der Waals surface area (Å²) in [7, 11) is 0. The molecule has 1 saturated carbocycles. The van der Waals surface area contributed by atoms with Crippen molar-refractivity contribution in [2.24, 2.45) is 0 Å². The first-order valence-corrected chi connectivity index (χ1v) is 6.04. The molecule has 1 amide bonds. The second kappa shape index (κ2) is 4.45. The minimum absolute atomic E-state index is 0.134. The highest BCUT2D eigenvalue weighted by Crippen LogP contribution is 2.31. The lowest BCUT2D eigenvalue weighted by molar-refractivity contribution is 0.0850. The highest BCUT2D eigenvalue weighted by molar-refractivity contribution is 5.97. The average molecular weight is 245 g/mol. The molecule has 3 heteroatoms. The number of carbonyl (C=O) groups excluding carboxylic acids is 1. The van der Waals surface area contributed by atoms with E-state index in [1.807, 2.05) is 6.92 Å².